The quantitative estimate of drug-likeness (QED) is 0.342. The number of carbonyl (C=O) groups excluding carboxylic acids is 1. The average molecular weight is 264 g/mol. The van der Waals surface area contributed by atoms with E-state index in [1.807, 2.05) is 24.3 Å². The van der Waals surface area contributed by atoms with Gasteiger partial charge in [-0.15, -0.1) is 0 Å². The lowest BCUT2D eigenvalue weighted by Crippen LogP contribution is -2.18. The summed E-state index contributed by atoms with van der Waals surface area (Å²) in [6.45, 7) is 2.28. The third-order valence-corrected chi connectivity index (χ3v) is 2.65. The largest absolute Gasteiger partial charge is 0.494 e. The summed E-state index contributed by atoms with van der Waals surface area (Å²) < 4.78 is 5.53. The van der Waals surface area contributed by atoms with Gasteiger partial charge in [0.05, 0.1) is 12.3 Å². The van der Waals surface area contributed by atoms with Gasteiger partial charge in [0, 0.05) is 19.9 Å². The molecule has 0 spiro atoms. The van der Waals surface area contributed by atoms with Gasteiger partial charge in [0.2, 0.25) is 5.91 Å². The fourth-order valence-corrected chi connectivity index (χ4v) is 1.58. The first kappa shape index (κ1) is 15.0. The molecule has 0 aromatic heterocycles. The summed E-state index contributed by atoms with van der Waals surface area (Å²) in [5, 5.41) is 14.3. The molecule has 0 bridgehead atoms. The van der Waals surface area contributed by atoms with Crippen LogP contribution in [0.4, 0.5) is 0 Å². The Morgan fingerprint density at radius 3 is 2.63 bits per heavy atom. The van der Waals surface area contributed by atoms with E-state index in [0.717, 1.165) is 11.3 Å². The van der Waals surface area contributed by atoms with Crippen LogP contribution in [0, 0.1) is 0 Å². The molecule has 0 aliphatic rings. The van der Waals surface area contributed by atoms with Gasteiger partial charge in [0.1, 0.15) is 5.75 Å². The minimum absolute atomic E-state index is 0.0257. The highest BCUT2D eigenvalue weighted by Gasteiger charge is 2.00. The molecule has 1 amide bonds. The van der Waals surface area contributed by atoms with Crippen molar-refractivity contribution in [2.24, 2.45) is 5.16 Å². The number of benzene rings is 1. The summed E-state index contributed by atoms with van der Waals surface area (Å²) in [7, 11) is 1.62. The highest BCUT2D eigenvalue weighted by atomic mass is 16.5. The Morgan fingerprint density at radius 2 is 2.05 bits per heavy atom. The zero-order chi connectivity index (χ0) is 14.1. The Morgan fingerprint density at radius 1 is 1.37 bits per heavy atom. The average Bonchev–Trinajstić information content (AvgIpc) is 2.44. The lowest BCUT2D eigenvalue weighted by molar-refractivity contribution is -0.120. The first-order chi connectivity index (χ1) is 9.15. The molecule has 2 N–H and O–H groups in total. The van der Waals surface area contributed by atoms with Crippen molar-refractivity contribution in [2.45, 2.75) is 26.2 Å². The molecule has 0 saturated heterocycles. The van der Waals surface area contributed by atoms with Gasteiger partial charge in [0.15, 0.2) is 0 Å². The predicted octanol–water partition coefficient (Wildman–Crippen LogP) is 1.98. The number of hydrogen-bond donors (Lipinski definition) is 2. The molecule has 0 radical (unpaired) electrons. The van der Waals surface area contributed by atoms with Crippen LogP contribution in [-0.4, -0.2) is 30.5 Å². The van der Waals surface area contributed by atoms with Crippen molar-refractivity contribution in [3.05, 3.63) is 29.8 Å². The molecule has 0 aliphatic heterocycles. The fourth-order valence-electron chi connectivity index (χ4n) is 1.58. The van der Waals surface area contributed by atoms with Gasteiger partial charge < -0.3 is 15.3 Å². The number of nitrogens with zero attached hydrogens (tertiary/aromatic N) is 1. The zero-order valence-corrected chi connectivity index (χ0v) is 11.3. The topological polar surface area (TPSA) is 70.9 Å². The van der Waals surface area contributed by atoms with Gasteiger partial charge in [-0.3, -0.25) is 4.79 Å². The number of rotatable bonds is 7. The summed E-state index contributed by atoms with van der Waals surface area (Å²) in [6.07, 6.45) is 1.78. The minimum atomic E-state index is 0.0257. The van der Waals surface area contributed by atoms with E-state index in [0.29, 0.717) is 31.6 Å². The standard InChI is InChI=1S/C14H20N2O3/c1-11(16-18)10-12-5-7-13(8-6-12)19-9-3-4-14(17)15-2/h5-8,18H,3-4,9-10H2,1-2H3,(H,15,17)/b16-11+. The monoisotopic (exact) mass is 264 g/mol. The molecule has 104 valence electrons. The first-order valence-corrected chi connectivity index (χ1v) is 6.25. The molecule has 1 aromatic rings. The van der Waals surface area contributed by atoms with Crippen LogP contribution in [0.5, 0.6) is 5.75 Å². The van der Waals surface area contributed by atoms with Crippen molar-refractivity contribution < 1.29 is 14.7 Å². The lowest BCUT2D eigenvalue weighted by atomic mass is 10.1. The molecule has 0 aliphatic carbocycles. The number of nitrogens with one attached hydrogen (secondary N) is 1. The number of amides is 1. The van der Waals surface area contributed by atoms with E-state index in [-0.39, 0.29) is 5.91 Å². The normalized spacial score (nSPS) is 11.2. The molecular formula is C14H20N2O3. The van der Waals surface area contributed by atoms with E-state index in [1.54, 1.807) is 14.0 Å². The van der Waals surface area contributed by atoms with Crippen molar-refractivity contribution in [3.63, 3.8) is 0 Å². The number of oxime groups is 1. The SMILES string of the molecule is CNC(=O)CCCOc1ccc(C/C(C)=N/O)cc1. The van der Waals surface area contributed by atoms with Crippen molar-refractivity contribution >= 4 is 11.6 Å². The van der Waals surface area contributed by atoms with Crippen LogP contribution in [0.1, 0.15) is 25.3 Å². The molecule has 19 heavy (non-hydrogen) atoms. The molecule has 1 rings (SSSR count). The van der Waals surface area contributed by atoms with Crippen molar-refractivity contribution in [1.29, 1.82) is 0 Å². The second-order valence-electron chi connectivity index (χ2n) is 4.28. The van der Waals surface area contributed by atoms with Gasteiger partial charge >= 0.3 is 0 Å². The smallest absolute Gasteiger partial charge is 0.219 e. The summed E-state index contributed by atoms with van der Waals surface area (Å²) in [5.74, 6) is 0.803. The molecule has 0 saturated carbocycles. The second-order valence-corrected chi connectivity index (χ2v) is 4.28. The van der Waals surface area contributed by atoms with Crippen molar-refractivity contribution in [1.82, 2.24) is 5.32 Å². The van der Waals surface area contributed by atoms with Crippen LogP contribution in [0.3, 0.4) is 0 Å². The van der Waals surface area contributed by atoms with Crippen LogP contribution in [0.25, 0.3) is 0 Å². The van der Waals surface area contributed by atoms with Gasteiger partial charge in [-0.25, -0.2) is 0 Å². The Bertz CT molecular complexity index is 427. The number of carbonyl (C=O) groups is 1. The van der Waals surface area contributed by atoms with Gasteiger partial charge in [-0.2, -0.15) is 0 Å². The molecular weight excluding hydrogens is 244 g/mol. The molecule has 0 heterocycles. The van der Waals surface area contributed by atoms with Crippen LogP contribution in [0.2, 0.25) is 0 Å². The summed E-state index contributed by atoms with van der Waals surface area (Å²) in [5.41, 5.74) is 1.73. The highest BCUT2D eigenvalue weighted by molar-refractivity contribution is 5.83. The summed E-state index contributed by atoms with van der Waals surface area (Å²) >= 11 is 0. The summed E-state index contributed by atoms with van der Waals surface area (Å²) in [6, 6.07) is 7.62. The van der Waals surface area contributed by atoms with E-state index in [1.165, 1.54) is 0 Å². The Labute approximate surface area is 113 Å². The molecule has 0 unspecified atom stereocenters. The van der Waals surface area contributed by atoms with Crippen LogP contribution in [-0.2, 0) is 11.2 Å². The lowest BCUT2D eigenvalue weighted by Gasteiger charge is -2.07. The van der Waals surface area contributed by atoms with E-state index >= 15 is 0 Å². The third kappa shape index (κ3) is 5.90. The highest BCUT2D eigenvalue weighted by Crippen LogP contribution is 2.13. The molecule has 0 fully saturated rings. The summed E-state index contributed by atoms with van der Waals surface area (Å²) in [4.78, 5) is 11.0. The Balaban J connectivity index is 2.34. The minimum Gasteiger partial charge on any atom is -0.494 e. The Hall–Kier alpha value is -2.04. The molecule has 0 atom stereocenters. The van der Waals surface area contributed by atoms with E-state index < -0.39 is 0 Å². The Kier molecular flexibility index (Phi) is 6.43. The molecule has 5 nitrogen and oxygen atoms in total. The van der Waals surface area contributed by atoms with Crippen LogP contribution < -0.4 is 10.1 Å². The van der Waals surface area contributed by atoms with Gasteiger partial charge in [0.25, 0.3) is 0 Å². The zero-order valence-electron chi connectivity index (χ0n) is 11.3. The second kappa shape index (κ2) is 8.13. The van der Waals surface area contributed by atoms with Crippen molar-refractivity contribution in [2.75, 3.05) is 13.7 Å². The number of ether oxygens (including phenoxy) is 1. The van der Waals surface area contributed by atoms with E-state index in [2.05, 4.69) is 10.5 Å². The van der Waals surface area contributed by atoms with Gasteiger partial charge in [-0.1, -0.05) is 17.3 Å². The van der Waals surface area contributed by atoms with Gasteiger partial charge in [-0.05, 0) is 31.0 Å². The maximum atomic E-state index is 11.0. The molecule has 1 aromatic carbocycles. The number of hydrogen-bond acceptors (Lipinski definition) is 4. The maximum Gasteiger partial charge on any atom is 0.219 e. The van der Waals surface area contributed by atoms with Crippen molar-refractivity contribution in [3.8, 4) is 5.75 Å². The van der Waals surface area contributed by atoms with E-state index in [4.69, 9.17) is 9.94 Å². The van der Waals surface area contributed by atoms with Crippen LogP contribution >= 0.6 is 0 Å². The van der Waals surface area contributed by atoms with Crippen LogP contribution in [0.15, 0.2) is 29.4 Å². The predicted molar refractivity (Wildman–Crippen MR) is 73.8 cm³/mol. The maximum absolute atomic E-state index is 11.0. The van der Waals surface area contributed by atoms with E-state index in [9.17, 15) is 4.79 Å². The first-order valence-electron chi connectivity index (χ1n) is 6.25. The molecule has 5 heteroatoms. The third-order valence-electron chi connectivity index (χ3n) is 2.65. The fraction of sp³-hybridized carbons (Fsp3) is 0.429.